The maximum absolute atomic E-state index is 4.99. The van der Waals surface area contributed by atoms with Crippen LogP contribution in [0.15, 0.2) is 0 Å². The van der Waals surface area contributed by atoms with E-state index in [1.807, 2.05) is 13.8 Å². The lowest BCUT2D eigenvalue weighted by molar-refractivity contribution is 0.240. The van der Waals surface area contributed by atoms with Crippen molar-refractivity contribution in [3.05, 3.63) is 0 Å². The molecule has 0 bridgehead atoms. The second-order valence-corrected chi connectivity index (χ2v) is 11.2. The van der Waals surface area contributed by atoms with Crippen molar-refractivity contribution in [3.8, 4) is 0 Å². The van der Waals surface area contributed by atoms with Crippen LogP contribution in [-0.4, -0.2) is 49.1 Å². The summed E-state index contributed by atoms with van der Waals surface area (Å²) in [6.07, 6.45) is 2.68. The zero-order valence-corrected chi connectivity index (χ0v) is 16.1. The molecule has 0 saturated carbocycles. The Morgan fingerprint density at radius 2 is 1.44 bits per heavy atom. The summed E-state index contributed by atoms with van der Waals surface area (Å²) < 4.78 is 12.6. The van der Waals surface area contributed by atoms with Gasteiger partial charge in [0.15, 0.2) is 0 Å². The normalized spacial score (nSPS) is 11.3. The molecule has 0 aliphatic rings. The van der Waals surface area contributed by atoms with Crippen molar-refractivity contribution in [2.45, 2.75) is 60.2 Å². The Hall–Kier alpha value is 0.314. The van der Waals surface area contributed by atoms with Gasteiger partial charge in [-0.1, -0.05) is 39.9 Å². The van der Waals surface area contributed by atoms with Crippen LogP contribution in [-0.2, 0) is 8.85 Å². The molecule has 0 aromatic rings. The van der Waals surface area contributed by atoms with Gasteiger partial charge in [0.2, 0.25) is 0 Å². The molecule has 0 spiro atoms. The predicted octanol–water partition coefficient (Wildman–Crippen LogP) is 3.00. The van der Waals surface area contributed by atoms with Crippen LogP contribution in [0.2, 0.25) is 19.6 Å². The summed E-state index contributed by atoms with van der Waals surface area (Å²) in [5, 5.41) is 0. The van der Waals surface area contributed by atoms with Crippen molar-refractivity contribution < 1.29 is 8.85 Å². The Kier molecular flexibility index (Phi) is 15.7. The van der Waals surface area contributed by atoms with Gasteiger partial charge in [0.05, 0.1) is 0 Å². The molecule has 0 aromatic heterocycles. The van der Waals surface area contributed by atoms with Crippen LogP contribution < -0.4 is 0 Å². The first-order chi connectivity index (χ1) is 8.43. The number of rotatable bonds is 9. The van der Waals surface area contributed by atoms with Crippen LogP contribution in [0, 0.1) is 0 Å². The molecule has 0 atom stereocenters. The molecular weight excluding hydrogens is 258 g/mol. The first-order valence-corrected chi connectivity index (χ1v) is 11.9. The van der Waals surface area contributed by atoms with E-state index in [0.29, 0.717) is 0 Å². The first-order valence-electron chi connectivity index (χ1n) is 7.34. The van der Waals surface area contributed by atoms with E-state index in [-0.39, 0.29) is 0 Å². The van der Waals surface area contributed by atoms with Crippen molar-refractivity contribution in [3.63, 3.8) is 0 Å². The lowest BCUT2D eigenvalue weighted by Crippen LogP contribution is -2.46. The van der Waals surface area contributed by atoms with Gasteiger partial charge in [-0.3, -0.25) is 0 Å². The highest BCUT2D eigenvalue weighted by Crippen LogP contribution is 2.09. The zero-order chi connectivity index (χ0) is 14.4. The highest BCUT2D eigenvalue weighted by molar-refractivity contribution is 6.73. The number of unbranched alkanes of at least 4 members (excludes halogenated alkanes) is 1. The van der Waals surface area contributed by atoms with Gasteiger partial charge in [0.1, 0.15) is 8.24 Å². The van der Waals surface area contributed by atoms with E-state index in [1.165, 1.54) is 25.9 Å². The van der Waals surface area contributed by atoms with Gasteiger partial charge >= 0.3 is 10.0 Å². The predicted molar refractivity (Wildman–Crippen MR) is 87.3 cm³/mol. The molecular formula is C13H35NO2Si2. The van der Waals surface area contributed by atoms with E-state index >= 15 is 0 Å². The van der Waals surface area contributed by atoms with Crippen molar-refractivity contribution in [2.24, 2.45) is 0 Å². The lowest BCUT2D eigenvalue weighted by Gasteiger charge is -2.32. The Balaban J connectivity index is 0. The summed E-state index contributed by atoms with van der Waals surface area (Å²) in [5.41, 5.74) is 0. The van der Waals surface area contributed by atoms with Gasteiger partial charge in [0, 0.05) is 13.2 Å². The molecule has 0 fully saturated rings. The van der Waals surface area contributed by atoms with E-state index in [4.69, 9.17) is 8.85 Å². The van der Waals surface area contributed by atoms with E-state index in [9.17, 15) is 0 Å². The maximum atomic E-state index is 4.99. The average Bonchev–Trinajstić information content (AvgIpc) is 2.30. The second kappa shape index (κ2) is 13.7. The van der Waals surface area contributed by atoms with Crippen molar-refractivity contribution in [2.75, 3.05) is 26.3 Å². The summed E-state index contributed by atoms with van der Waals surface area (Å²) in [7, 11) is -1.58. The molecule has 0 saturated heterocycles. The molecule has 0 radical (unpaired) electrons. The maximum Gasteiger partial charge on any atom is 0.304 e. The molecule has 0 aliphatic carbocycles. The molecule has 0 heterocycles. The van der Waals surface area contributed by atoms with E-state index in [0.717, 1.165) is 13.2 Å². The third-order valence-corrected chi connectivity index (χ3v) is 6.27. The topological polar surface area (TPSA) is 21.7 Å². The molecule has 0 aromatic carbocycles. The van der Waals surface area contributed by atoms with Gasteiger partial charge in [0.25, 0.3) is 0 Å². The van der Waals surface area contributed by atoms with E-state index in [2.05, 4.69) is 38.1 Å². The lowest BCUT2D eigenvalue weighted by atomic mass is 10.3. The van der Waals surface area contributed by atoms with Gasteiger partial charge in [-0.25, -0.2) is 0 Å². The SMILES string of the molecule is CCCCN(CC)[Si](C)(C)C.CCO[SiH2]OCC. The molecule has 5 heteroatoms. The molecule has 112 valence electrons. The van der Waals surface area contributed by atoms with Crippen LogP contribution in [0.1, 0.15) is 40.5 Å². The highest BCUT2D eigenvalue weighted by Gasteiger charge is 2.20. The Morgan fingerprint density at radius 1 is 0.944 bits per heavy atom. The fourth-order valence-electron chi connectivity index (χ4n) is 1.54. The molecule has 0 aliphatic heterocycles. The summed E-state index contributed by atoms with van der Waals surface area (Å²) in [4.78, 5) is 0. The van der Waals surface area contributed by atoms with Crippen molar-refractivity contribution in [1.29, 1.82) is 0 Å². The quantitative estimate of drug-likeness (QED) is 0.482. The van der Waals surface area contributed by atoms with Crippen LogP contribution >= 0.6 is 0 Å². The van der Waals surface area contributed by atoms with Gasteiger partial charge in [-0.15, -0.1) is 0 Å². The third kappa shape index (κ3) is 14.4. The summed E-state index contributed by atoms with van der Waals surface area (Å²) in [6.45, 7) is 19.9. The molecule has 0 N–H and O–H groups in total. The van der Waals surface area contributed by atoms with E-state index in [1.54, 1.807) is 0 Å². The second-order valence-electron chi connectivity index (χ2n) is 5.21. The monoisotopic (exact) mass is 293 g/mol. The van der Waals surface area contributed by atoms with Crippen LogP contribution in [0.3, 0.4) is 0 Å². The Labute approximate surface area is 118 Å². The molecule has 0 rings (SSSR count). The van der Waals surface area contributed by atoms with Gasteiger partial charge in [-0.05, 0) is 33.4 Å². The highest BCUT2D eigenvalue weighted by atomic mass is 28.3. The molecule has 18 heavy (non-hydrogen) atoms. The van der Waals surface area contributed by atoms with Crippen molar-refractivity contribution in [1.82, 2.24) is 4.57 Å². The van der Waals surface area contributed by atoms with Crippen LogP contribution in [0.5, 0.6) is 0 Å². The molecule has 0 unspecified atom stereocenters. The minimum atomic E-state index is -0.991. The molecule has 0 amide bonds. The minimum Gasteiger partial charge on any atom is -0.399 e. The van der Waals surface area contributed by atoms with Crippen LogP contribution in [0.4, 0.5) is 0 Å². The standard InChI is InChI=1S/C9H23NSi.C4H12O2Si/c1-6-8-9-10(7-2)11(3,4)5;1-3-5-7-6-4-2/h6-9H2,1-5H3;3-4,7H2,1-2H3. The summed E-state index contributed by atoms with van der Waals surface area (Å²) in [5.74, 6) is 0. The third-order valence-electron chi connectivity index (χ3n) is 2.69. The molecule has 3 nitrogen and oxygen atoms in total. The van der Waals surface area contributed by atoms with Gasteiger partial charge in [-0.2, -0.15) is 0 Å². The average molecular weight is 294 g/mol. The number of nitrogens with zero attached hydrogens (tertiary/aromatic N) is 1. The minimum absolute atomic E-state index is 0.589. The Morgan fingerprint density at radius 3 is 1.72 bits per heavy atom. The largest absolute Gasteiger partial charge is 0.399 e. The van der Waals surface area contributed by atoms with Crippen molar-refractivity contribution >= 4 is 18.2 Å². The summed E-state index contributed by atoms with van der Waals surface area (Å²) >= 11 is 0. The van der Waals surface area contributed by atoms with Gasteiger partial charge < -0.3 is 13.4 Å². The zero-order valence-electron chi connectivity index (χ0n) is 13.7. The smallest absolute Gasteiger partial charge is 0.304 e. The number of hydrogen-bond donors (Lipinski definition) is 0. The first kappa shape index (κ1) is 20.6. The van der Waals surface area contributed by atoms with E-state index < -0.39 is 18.2 Å². The summed E-state index contributed by atoms with van der Waals surface area (Å²) in [6, 6.07) is 0. The Bertz CT molecular complexity index is 160. The fraction of sp³-hybridized carbons (Fsp3) is 1.00. The fourth-order valence-corrected chi connectivity index (χ4v) is 3.77. The van der Waals surface area contributed by atoms with Crippen LogP contribution in [0.25, 0.3) is 0 Å². The number of hydrogen-bond acceptors (Lipinski definition) is 3.